The van der Waals surface area contributed by atoms with Gasteiger partial charge >= 0.3 is 0 Å². The zero-order chi connectivity index (χ0) is 19.8. The Bertz CT molecular complexity index is 712. The van der Waals surface area contributed by atoms with Gasteiger partial charge in [-0.25, -0.2) is 0 Å². The summed E-state index contributed by atoms with van der Waals surface area (Å²) in [5.74, 6) is 2.15. The van der Waals surface area contributed by atoms with Crippen LogP contribution in [0, 0.1) is 5.92 Å². The molecule has 27 heavy (non-hydrogen) atoms. The van der Waals surface area contributed by atoms with E-state index in [2.05, 4.69) is 54.1 Å². The van der Waals surface area contributed by atoms with Crippen molar-refractivity contribution < 1.29 is 14.3 Å². The summed E-state index contributed by atoms with van der Waals surface area (Å²) < 4.78 is 7.45. The van der Waals surface area contributed by atoms with Crippen molar-refractivity contribution in [1.29, 1.82) is 0 Å². The van der Waals surface area contributed by atoms with E-state index in [0.29, 0.717) is 17.6 Å². The van der Waals surface area contributed by atoms with E-state index >= 15 is 0 Å². The molecule has 0 bridgehead atoms. The first-order valence-corrected chi connectivity index (χ1v) is 10.6. The minimum absolute atomic E-state index is 0.190. The zero-order valence-corrected chi connectivity index (χ0v) is 18.1. The third kappa shape index (κ3) is 4.68. The van der Waals surface area contributed by atoms with Crippen molar-refractivity contribution in [1.82, 2.24) is 0 Å². The molecule has 0 amide bonds. The molecule has 1 aromatic carbocycles. The first-order chi connectivity index (χ1) is 12.6. The number of allylic oxidation sites excluding steroid dienone is 2. The molecule has 0 fully saturated rings. The lowest BCUT2D eigenvalue weighted by Crippen LogP contribution is -2.45. The number of phenolic OH excluding ortho intramolecular Hbond substituents is 1. The van der Waals surface area contributed by atoms with Crippen molar-refractivity contribution in [2.75, 3.05) is 27.7 Å². The fourth-order valence-electron chi connectivity index (χ4n) is 4.86. The van der Waals surface area contributed by atoms with Crippen molar-refractivity contribution in [3.8, 4) is 11.5 Å². The number of ether oxygens (including phenoxy) is 1. The van der Waals surface area contributed by atoms with Crippen LogP contribution in [0.5, 0.6) is 11.5 Å². The van der Waals surface area contributed by atoms with Gasteiger partial charge < -0.3 is 14.3 Å². The van der Waals surface area contributed by atoms with Crippen molar-refractivity contribution in [2.24, 2.45) is 5.92 Å². The lowest BCUT2D eigenvalue weighted by molar-refractivity contribution is -0.870. The number of aryl methyl sites for hydroxylation is 1. The highest BCUT2D eigenvalue weighted by atomic mass is 16.5. The third-order valence-corrected chi connectivity index (χ3v) is 6.36. The van der Waals surface area contributed by atoms with Gasteiger partial charge in [0.15, 0.2) is 0 Å². The number of nitrogens with zero attached hydrogens (tertiary/aromatic N) is 1. The number of aromatic hydroxyl groups is 1. The molecule has 1 aromatic rings. The van der Waals surface area contributed by atoms with E-state index < -0.39 is 0 Å². The number of fused-ring (bicyclic) bond motifs is 3. The van der Waals surface area contributed by atoms with Crippen molar-refractivity contribution in [3.63, 3.8) is 0 Å². The van der Waals surface area contributed by atoms with Crippen molar-refractivity contribution in [3.05, 3.63) is 34.9 Å². The maximum absolute atomic E-state index is 10.8. The SMILES string of the molecule is CC1=CC[C@@H]2[C@@H](C1)c1c(O)cc(CCCCC[N+](C)(C)C)cc1OC2(C)C. The Morgan fingerprint density at radius 3 is 2.59 bits per heavy atom. The fraction of sp³-hybridized carbons (Fsp3) is 0.667. The average molecular weight is 373 g/mol. The predicted octanol–water partition coefficient (Wildman–Crippen LogP) is 5.42. The normalized spacial score (nSPS) is 23.9. The molecule has 1 aliphatic carbocycles. The molecule has 1 N–H and O–H groups in total. The van der Waals surface area contributed by atoms with E-state index in [9.17, 15) is 5.11 Å². The van der Waals surface area contributed by atoms with Crippen LogP contribution in [-0.2, 0) is 6.42 Å². The molecule has 0 saturated heterocycles. The van der Waals surface area contributed by atoms with Crippen LogP contribution in [0.15, 0.2) is 23.8 Å². The molecule has 1 heterocycles. The van der Waals surface area contributed by atoms with Crippen LogP contribution in [0.25, 0.3) is 0 Å². The summed E-state index contributed by atoms with van der Waals surface area (Å²) in [5, 5.41) is 10.8. The second-order valence-corrected chi connectivity index (χ2v) is 10.3. The number of phenols is 1. The number of quaternary nitrogens is 1. The topological polar surface area (TPSA) is 29.5 Å². The second kappa shape index (κ2) is 7.50. The molecule has 0 saturated carbocycles. The highest BCUT2D eigenvalue weighted by Gasteiger charge is 2.45. The minimum atomic E-state index is -0.190. The minimum Gasteiger partial charge on any atom is -0.508 e. The van der Waals surface area contributed by atoms with Gasteiger partial charge in [0.05, 0.1) is 27.7 Å². The molecule has 3 nitrogen and oxygen atoms in total. The quantitative estimate of drug-likeness (QED) is 0.410. The number of hydrogen-bond donors (Lipinski definition) is 1. The van der Waals surface area contributed by atoms with E-state index in [4.69, 9.17) is 4.74 Å². The summed E-state index contributed by atoms with van der Waals surface area (Å²) in [7, 11) is 6.74. The molecular weight excluding hydrogens is 334 g/mol. The summed E-state index contributed by atoms with van der Waals surface area (Å²) in [4.78, 5) is 0. The number of benzene rings is 1. The number of rotatable bonds is 6. The maximum Gasteiger partial charge on any atom is 0.127 e. The van der Waals surface area contributed by atoms with Crippen molar-refractivity contribution in [2.45, 2.75) is 70.8 Å². The Kier molecular flexibility index (Phi) is 5.63. The van der Waals surface area contributed by atoms with Gasteiger partial charge in [0, 0.05) is 17.4 Å². The summed E-state index contributed by atoms with van der Waals surface area (Å²) in [5.41, 5.74) is 3.49. The summed E-state index contributed by atoms with van der Waals surface area (Å²) in [6.07, 6.45) is 9.07. The Hall–Kier alpha value is -1.48. The molecule has 3 rings (SSSR count). The average Bonchev–Trinajstić information content (AvgIpc) is 2.52. The molecule has 1 aliphatic heterocycles. The van der Waals surface area contributed by atoms with Gasteiger partial charge in [0.1, 0.15) is 17.1 Å². The smallest absolute Gasteiger partial charge is 0.127 e. The van der Waals surface area contributed by atoms with Crippen LogP contribution in [-0.4, -0.2) is 42.9 Å². The first-order valence-electron chi connectivity index (χ1n) is 10.6. The molecule has 0 radical (unpaired) electrons. The molecular formula is C24H38NO2+. The maximum atomic E-state index is 10.8. The van der Waals surface area contributed by atoms with Crippen LogP contribution >= 0.6 is 0 Å². The monoisotopic (exact) mass is 372 g/mol. The van der Waals surface area contributed by atoms with Crippen molar-refractivity contribution >= 4 is 0 Å². The zero-order valence-electron chi connectivity index (χ0n) is 18.1. The van der Waals surface area contributed by atoms with Gasteiger partial charge in [-0.1, -0.05) is 11.6 Å². The van der Waals surface area contributed by atoms with Gasteiger partial charge in [0.25, 0.3) is 0 Å². The van der Waals surface area contributed by atoms with Crippen LogP contribution in [0.4, 0.5) is 0 Å². The Morgan fingerprint density at radius 2 is 1.89 bits per heavy atom. The molecule has 0 unspecified atom stereocenters. The fourth-order valence-corrected chi connectivity index (χ4v) is 4.86. The molecule has 2 atom stereocenters. The molecule has 150 valence electrons. The number of unbranched alkanes of at least 4 members (excludes halogenated alkanes) is 2. The summed E-state index contributed by atoms with van der Waals surface area (Å²) in [6.45, 7) is 7.83. The summed E-state index contributed by atoms with van der Waals surface area (Å²) >= 11 is 0. The predicted molar refractivity (Wildman–Crippen MR) is 112 cm³/mol. The molecule has 2 aliphatic rings. The van der Waals surface area contributed by atoms with Gasteiger partial charge in [-0.3, -0.25) is 0 Å². The largest absolute Gasteiger partial charge is 0.508 e. The van der Waals surface area contributed by atoms with E-state index in [1.807, 2.05) is 6.07 Å². The van der Waals surface area contributed by atoms with E-state index in [0.717, 1.165) is 41.5 Å². The van der Waals surface area contributed by atoms with Gasteiger partial charge in [-0.2, -0.15) is 0 Å². The van der Waals surface area contributed by atoms with Gasteiger partial charge in [-0.05, 0) is 77.0 Å². The van der Waals surface area contributed by atoms with Gasteiger partial charge in [-0.15, -0.1) is 0 Å². The van der Waals surface area contributed by atoms with E-state index in [1.165, 1.54) is 30.5 Å². The Morgan fingerprint density at radius 1 is 1.15 bits per heavy atom. The van der Waals surface area contributed by atoms with Crippen LogP contribution in [0.2, 0.25) is 0 Å². The highest BCUT2D eigenvalue weighted by Crippen LogP contribution is 2.54. The van der Waals surface area contributed by atoms with Crippen LogP contribution in [0.3, 0.4) is 0 Å². The van der Waals surface area contributed by atoms with Crippen LogP contribution < -0.4 is 4.74 Å². The third-order valence-electron chi connectivity index (χ3n) is 6.36. The molecule has 0 aromatic heterocycles. The molecule has 0 spiro atoms. The lowest BCUT2D eigenvalue weighted by atomic mass is 9.67. The van der Waals surface area contributed by atoms with Gasteiger partial charge in [0.2, 0.25) is 0 Å². The summed E-state index contributed by atoms with van der Waals surface area (Å²) in [6, 6.07) is 4.19. The highest BCUT2D eigenvalue weighted by molar-refractivity contribution is 5.52. The Labute approximate surface area is 165 Å². The van der Waals surface area contributed by atoms with E-state index in [1.54, 1.807) is 0 Å². The van der Waals surface area contributed by atoms with E-state index in [-0.39, 0.29) is 5.60 Å². The van der Waals surface area contributed by atoms with Crippen LogP contribution in [0.1, 0.15) is 69.9 Å². The standard InChI is InChI=1S/C24H37NO2/c1-17-11-12-20-19(14-17)23-21(26)15-18(16-22(23)27-24(20,2)3)10-8-7-9-13-25(4,5)6/h11,15-16,19-20H,7-10,12-14H2,1-6H3/p+1/t19-,20-/m1/s1. The molecule has 3 heteroatoms. The Balaban J connectivity index is 1.73. The second-order valence-electron chi connectivity index (χ2n) is 10.3. The number of hydrogen-bond acceptors (Lipinski definition) is 2. The first kappa shape index (κ1) is 20.3. The lowest BCUT2D eigenvalue weighted by Gasteiger charge is -2.47.